The molecule has 1 rings (SSSR count). The van der Waals surface area contributed by atoms with E-state index in [0.717, 1.165) is 18.5 Å². The zero-order valence-corrected chi connectivity index (χ0v) is 12.3. The summed E-state index contributed by atoms with van der Waals surface area (Å²) in [6.45, 7) is 6.19. The van der Waals surface area contributed by atoms with Gasteiger partial charge in [-0.05, 0) is 25.8 Å². The van der Waals surface area contributed by atoms with E-state index in [4.69, 9.17) is 5.73 Å². The van der Waals surface area contributed by atoms with Crippen LogP contribution in [-0.2, 0) is 23.6 Å². The lowest BCUT2D eigenvalue weighted by Crippen LogP contribution is -2.44. The van der Waals surface area contributed by atoms with Gasteiger partial charge in [-0.2, -0.15) is 0 Å². The fourth-order valence-electron chi connectivity index (χ4n) is 1.70. The van der Waals surface area contributed by atoms with Crippen LogP contribution in [0.1, 0.15) is 39.3 Å². The molecule has 0 bridgehead atoms. The average Bonchev–Trinajstić information content (AvgIpc) is 2.70. The van der Waals surface area contributed by atoms with Crippen LogP contribution >= 0.6 is 0 Å². The van der Waals surface area contributed by atoms with E-state index in [2.05, 4.69) is 4.72 Å². The number of hydrogen-bond acceptors (Lipinski definition) is 3. The van der Waals surface area contributed by atoms with Crippen molar-refractivity contribution in [2.75, 3.05) is 0 Å². The molecule has 0 aliphatic rings. The van der Waals surface area contributed by atoms with Gasteiger partial charge in [0, 0.05) is 31.0 Å². The Bertz CT molecular complexity index is 501. The number of rotatable bonds is 6. The summed E-state index contributed by atoms with van der Waals surface area (Å²) in [6, 6.07) is 1.62. The Labute approximate surface area is 109 Å². The third kappa shape index (κ3) is 3.13. The molecule has 0 aliphatic heterocycles. The Morgan fingerprint density at radius 3 is 2.33 bits per heavy atom. The first-order valence-electron chi connectivity index (χ1n) is 6.17. The molecule has 0 radical (unpaired) electrons. The Hall–Kier alpha value is -0.850. The highest BCUT2D eigenvalue weighted by molar-refractivity contribution is 7.89. The van der Waals surface area contributed by atoms with Crippen LogP contribution < -0.4 is 10.5 Å². The number of aryl methyl sites for hydroxylation is 1. The minimum atomic E-state index is -3.48. The second-order valence-electron chi connectivity index (χ2n) is 4.86. The van der Waals surface area contributed by atoms with Gasteiger partial charge in [-0.15, -0.1) is 0 Å². The summed E-state index contributed by atoms with van der Waals surface area (Å²) < 4.78 is 29.1. The molecule has 0 aliphatic carbocycles. The van der Waals surface area contributed by atoms with Crippen LogP contribution in [0.25, 0.3) is 0 Å². The molecule has 1 aromatic rings. The van der Waals surface area contributed by atoms with Crippen LogP contribution in [0.2, 0.25) is 0 Å². The van der Waals surface area contributed by atoms with Crippen molar-refractivity contribution in [1.82, 2.24) is 9.29 Å². The standard InChI is InChI=1S/C12H23N3O2S/c1-5-12(3,6-2)14-18(16,17)11-7-10(8-13)15(4)9-11/h7,9,14H,5-6,8,13H2,1-4H3. The van der Waals surface area contributed by atoms with Gasteiger partial charge in [-0.1, -0.05) is 13.8 Å². The van der Waals surface area contributed by atoms with Crippen LogP contribution in [0.5, 0.6) is 0 Å². The summed E-state index contributed by atoms with van der Waals surface area (Å²) in [5, 5.41) is 0. The highest BCUT2D eigenvalue weighted by Crippen LogP contribution is 2.20. The summed E-state index contributed by atoms with van der Waals surface area (Å²) in [7, 11) is -1.69. The Balaban J connectivity index is 3.06. The van der Waals surface area contributed by atoms with Gasteiger partial charge in [-0.3, -0.25) is 0 Å². The Morgan fingerprint density at radius 2 is 1.94 bits per heavy atom. The van der Waals surface area contributed by atoms with Crippen LogP contribution in [0, 0.1) is 0 Å². The van der Waals surface area contributed by atoms with E-state index in [9.17, 15) is 8.42 Å². The van der Waals surface area contributed by atoms with Crippen molar-refractivity contribution in [3.8, 4) is 0 Å². The molecule has 104 valence electrons. The van der Waals surface area contributed by atoms with E-state index in [1.807, 2.05) is 20.8 Å². The molecule has 0 unspecified atom stereocenters. The van der Waals surface area contributed by atoms with E-state index in [1.165, 1.54) is 0 Å². The Kier molecular flexibility index (Phi) is 4.58. The first-order chi connectivity index (χ1) is 8.28. The lowest BCUT2D eigenvalue weighted by Gasteiger charge is -2.27. The van der Waals surface area contributed by atoms with E-state index in [1.54, 1.807) is 23.9 Å². The molecule has 1 heterocycles. The van der Waals surface area contributed by atoms with Crippen molar-refractivity contribution in [3.63, 3.8) is 0 Å². The Morgan fingerprint density at radius 1 is 1.39 bits per heavy atom. The first kappa shape index (κ1) is 15.2. The second-order valence-corrected chi connectivity index (χ2v) is 6.54. The quantitative estimate of drug-likeness (QED) is 0.821. The predicted molar refractivity (Wildman–Crippen MR) is 72.6 cm³/mol. The molecular formula is C12H23N3O2S. The van der Waals surface area contributed by atoms with Gasteiger partial charge in [0.1, 0.15) is 0 Å². The molecule has 0 aromatic carbocycles. The van der Waals surface area contributed by atoms with Gasteiger partial charge in [0.2, 0.25) is 10.0 Å². The highest BCUT2D eigenvalue weighted by atomic mass is 32.2. The van der Waals surface area contributed by atoms with Gasteiger partial charge in [-0.25, -0.2) is 13.1 Å². The minimum absolute atomic E-state index is 0.276. The smallest absolute Gasteiger partial charge is 0.242 e. The number of aromatic nitrogens is 1. The second kappa shape index (κ2) is 5.42. The van der Waals surface area contributed by atoms with Gasteiger partial charge >= 0.3 is 0 Å². The molecule has 18 heavy (non-hydrogen) atoms. The molecule has 6 heteroatoms. The molecule has 0 spiro atoms. The van der Waals surface area contributed by atoms with E-state index < -0.39 is 15.6 Å². The SMILES string of the molecule is CCC(C)(CC)NS(=O)(=O)c1cc(CN)n(C)c1. The predicted octanol–water partition coefficient (Wildman–Crippen LogP) is 1.34. The van der Waals surface area contributed by atoms with Gasteiger partial charge in [0.25, 0.3) is 0 Å². The normalized spacial score (nSPS) is 12.9. The van der Waals surface area contributed by atoms with Gasteiger partial charge in [0.15, 0.2) is 0 Å². The van der Waals surface area contributed by atoms with Crippen molar-refractivity contribution in [2.45, 2.75) is 50.6 Å². The lowest BCUT2D eigenvalue weighted by molar-refractivity contribution is 0.388. The van der Waals surface area contributed by atoms with E-state index in [-0.39, 0.29) is 4.90 Å². The number of nitrogens with one attached hydrogen (secondary N) is 1. The van der Waals surface area contributed by atoms with E-state index in [0.29, 0.717) is 6.54 Å². The summed E-state index contributed by atoms with van der Waals surface area (Å²) in [6.07, 6.45) is 3.09. The van der Waals surface area contributed by atoms with Crippen LogP contribution in [-0.4, -0.2) is 18.5 Å². The zero-order chi connectivity index (χ0) is 14.0. The fraction of sp³-hybridized carbons (Fsp3) is 0.667. The lowest BCUT2D eigenvalue weighted by atomic mass is 9.98. The van der Waals surface area contributed by atoms with Crippen LogP contribution in [0.15, 0.2) is 17.2 Å². The zero-order valence-electron chi connectivity index (χ0n) is 11.5. The molecule has 1 aromatic heterocycles. The van der Waals surface area contributed by atoms with Crippen molar-refractivity contribution in [1.29, 1.82) is 0 Å². The molecule has 0 saturated heterocycles. The summed E-state index contributed by atoms with van der Waals surface area (Å²) in [5.74, 6) is 0. The number of nitrogens with zero attached hydrogens (tertiary/aromatic N) is 1. The number of sulfonamides is 1. The maximum atomic E-state index is 12.3. The third-order valence-electron chi connectivity index (χ3n) is 3.54. The monoisotopic (exact) mass is 273 g/mol. The molecule has 5 nitrogen and oxygen atoms in total. The van der Waals surface area contributed by atoms with Gasteiger partial charge in [0.05, 0.1) is 4.90 Å². The first-order valence-corrected chi connectivity index (χ1v) is 7.65. The largest absolute Gasteiger partial charge is 0.352 e. The summed E-state index contributed by atoms with van der Waals surface area (Å²) in [4.78, 5) is 0.276. The topological polar surface area (TPSA) is 77.1 Å². The summed E-state index contributed by atoms with van der Waals surface area (Å²) >= 11 is 0. The molecule has 0 amide bonds. The number of hydrogen-bond donors (Lipinski definition) is 2. The maximum absolute atomic E-state index is 12.3. The maximum Gasteiger partial charge on any atom is 0.242 e. The molecule has 0 atom stereocenters. The van der Waals surface area contributed by atoms with Crippen molar-refractivity contribution in [2.24, 2.45) is 12.8 Å². The summed E-state index contributed by atoms with van der Waals surface area (Å²) in [5.41, 5.74) is 5.94. The molecular weight excluding hydrogens is 250 g/mol. The van der Waals surface area contributed by atoms with Crippen molar-refractivity contribution in [3.05, 3.63) is 18.0 Å². The van der Waals surface area contributed by atoms with Crippen molar-refractivity contribution < 1.29 is 8.42 Å². The molecule has 3 N–H and O–H groups in total. The third-order valence-corrected chi connectivity index (χ3v) is 5.15. The van der Waals surface area contributed by atoms with E-state index >= 15 is 0 Å². The fourth-order valence-corrected chi connectivity index (χ4v) is 3.35. The highest BCUT2D eigenvalue weighted by Gasteiger charge is 2.28. The minimum Gasteiger partial charge on any atom is -0.352 e. The van der Waals surface area contributed by atoms with Crippen molar-refractivity contribution >= 4 is 10.0 Å². The molecule has 0 saturated carbocycles. The van der Waals surface area contributed by atoms with Crippen LogP contribution in [0.4, 0.5) is 0 Å². The molecule has 0 fully saturated rings. The van der Waals surface area contributed by atoms with Crippen LogP contribution in [0.3, 0.4) is 0 Å². The average molecular weight is 273 g/mol. The van der Waals surface area contributed by atoms with Gasteiger partial charge < -0.3 is 10.3 Å². The number of nitrogens with two attached hydrogens (primary N) is 1.